The number of carbonyl (C=O) groups excluding carboxylic acids is 1. The minimum Gasteiger partial charge on any atom is -0.354 e. The predicted molar refractivity (Wildman–Crippen MR) is 145 cm³/mol. The Bertz CT molecular complexity index is 1190. The van der Waals surface area contributed by atoms with Gasteiger partial charge in [-0.15, -0.1) is 11.3 Å². The second kappa shape index (κ2) is 10.8. The molecule has 0 bridgehead atoms. The predicted octanol–water partition coefficient (Wildman–Crippen LogP) is 4.73. The first-order valence-electron chi connectivity index (χ1n) is 12.5. The molecule has 1 amide bonds. The van der Waals surface area contributed by atoms with Gasteiger partial charge in [0.2, 0.25) is 5.95 Å². The van der Waals surface area contributed by atoms with Crippen LogP contribution in [-0.2, 0) is 0 Å². The maximum absolute atomic E-state index is 12.7. The lowest BCUT2D eigenvalue weighted by atomic mass is 10.1. The van der Waals surface area contributed by atoms with Crippen molar-refractivity contribution in [1.82, 2.24) is 25.1 Å². The van der Waals surface area contributed by atoms with E-state index in [0.29, 0.717) is 34.3 Å². The number of benzene rings is 1. The Morgan fingerprint density at radius 2 is 2.03 bits per heavy atom. The van der Waals surface area contributed by atoms with E-state index in [2.05, 4.69) is 39.3 Å². The van der Waals surface area contributed by atoms with Crippen LogP contribution < -0.4 is 10.6 Å². The van der Waals surface area contributed by atoms with Gasteiger partial charge in [0.15, 0.2) is 0 Å². The number of carbonyl (C=O) groups is 1. The molecule has 0 radical (unpaired) electrons. The molecule has 2 aromatic heterocycles. The van der Waals surface area contributed by atoms with Crippen LogP contribution in [0.4, 0.5) is 5.95 Å². The highest BCUT2D eigenvalue weighted by Crippen LogP contribution is 2.37. The molecule has 5 rings (SSSR count). The quantitative estimate of drug-likeness (QED) is 0.404. The number of anilines is 1. The van der Waals surface area contributed by atoms with Crippen molar-refractivity contribution in [2.75, 3.05) is 44.6 Å². The third-order valence-electron chi connectivity index (χ3n) is 6.77. The van der Waals surface area contributed by atoms with Gasteiger partial charge in [-0.05, 0) is 57.9 Å². The van der Waals surface area contributed by atoms with Crippen LogP contribution in [0.2, 0.25) is 5.02 Å². The van der Waals surface area contributed by atoms with Gasteiger partial charge >= 0.3 is 0 Å². The molecule has 1 aliphatic heterocycles. The summed E-state index contributed by atoms with van der Waals surface area (Å²) in [7, 11) is 0. The zero-order valence-electron chi connectivity index (χ0n) is 20.4. The maximum Gasteiger partial charge on any atom is 0.252 e. The average Bonchev–Trinajstić information content (AvgIpc) is 3.56. The molecule has 1 aromatic carbocycles. The van der Waals surface area contributed by atoms with E-state index >= 15 is 0 Å². The van der Waals surface area contributed by atoms with E-state index in [1.54, 1.807) is 17.5 Å². The van der Waals surface area contributed by atoms with E-state index < -0.39 is 0 Å². The largest absolute Gasteiger partial charge is 0.354 e. The third-order valence-corrected chi connectivity index (χ3v) is 8.15. The van der Waals surface area contributed by atoms with Crippen molar-refractivity contribution in [3.63, 3.8) is 0 Å². The second-order valence-corrected chi connectivity index (χ2v) is 11.2. The van der Waals surface area contributed by atoms with Crippen LogP contribution >= 0.6 is 22.9 Å². The molecule has 2 aliphatic rings. The number of fused-ring (bicyclic) bond motifs is 1. The SMILES string of the molecule is CC(C)N1CCN(CCCNc2ncc(Cl)c(-c3cc4c(C(=O)NC5CC5)cccc4s3)n2)CC1. The molecule has 0 spiro atoms. The van der Waals surface area contributed by atoms with Gasteiger partial charge < -0.3 is 15.5 Å². The lowest BCUT2D eigenvalue weighted by molar-refractivity contribution is 0.0952. The van der Waals surface area contributed by atoms with Crippen molar-refractivity contribution in [1.29, 1.82) is 0 Å². The van der Waals surface area contributed by atoms with E-state index in [0.717, 1.165) is 73.5 Å². The van der Waals surface area contributed by atoms with Crippen molar-refractivity contribution in [3.05, 3.63) is 41.0 Å². The number of nitrogens with zero attached hydrogens (tertiary/aromatic N) is 4. The topological polar surface area (TPSA) is 73.4 Å². The number of thiophene rings is 1. The standard InChI is InChI=1S/C26H33ClN6OS/c1-17(2)33-13-11-32(12-14-33)10-4-9-28-26-29-16-21(27)24(31-26)23-15-20-19(5-3-6-22(20)35-23)25(34)30-18-7-8-18/h3,5-6,15-18H,4,7-14H2,1-2H3,(H,30,34)(H,28,29,31). The highest BCUT2D eigenvalue weighted by atomic mass is 35.5. The Labute approximate surface area is 215 Å². The van der Waals surface area contributed by atoms with E-state index in [9.17, 15) is 4.79 Å². The summed E-state index contributed by atoms with van der Waals surface area (Å²) in [6.45, 7) is 11.0. The number of hydrogen-bond donors (Lipinski definition) is 2. The molecule has 3 aromatic rings. The molecule has 0 atom stereocenters. The second-order valence-electron chi connectivity index (χ2n) is 9.72. The van der Waals surface area contributed by atoms with Crippen LogP contribution in [0.25, 0.3) is 20.7 Å². The number of aromatic nitrogens is 2. The zero-order chi connectivity index (χ0) is 24.4. The number of piperazine rings is 1. The number of halogens is 1. The van der Waals surface area contributed by atoms with E-state index in [1.165, 1.54) is 0 Å². The van der Waals surface area contributed by atoms with E-state index in [1.807, 2.05) is 24.3 Å². The number of amides is 1. The molecule has 9 heteroatoms. The molecule has 3 heterocycles. The lowest BCUT2D eigenvalue weighted by Gasteiger charge is -2.36. The van der Waals surface area contributed by atoms with Crippen molar-refractivity contribution in [2.45, 2.75) is 45.2 Å². The number of rotatable bonds is 9. The molecule has 1 saturated carbocycles. The van der Waals surface area contributed by atoms with Crippen LogP contribution in [0.5, 0.6) is 0 Å². The first-order chi connectivity index (χ1) is 17.0. The normalized spacial score (nSPS) is 17.3. The third kappa shape index (κ3) is 5.94. The van der Waals surface area contributed by atoms with Crippen LogP contribution in [0, 0.1) is 0 Å². The summed E-state index contributed by atoms with van der Waals surface area (Å²) in [5, 5.41) is 7.90. The van der Waals surface area contributed by atoms with Gasteiger partial charge in [-0.25, -0.2) is 9.97 Å². The van der Waals surface area contributed by atoms with Gasteiger partial charge in [-0.1, -0.05) is 17.7 Å². The molecule has 2 N–H and O–H groups in total. The molecular weight excluding hydrogens is 480 g/mol. The fourth-order valence-electron chi connectivity index (χ4n) is 4.50. The summed E-state index contributed by atoms with van der Waals surface area (Å²) in [5.74, 6) is 0.572. The summed E-state index contributed by atoms with van der Waals surface area (Å²) < 4.78 is 1.05. The molecule has 7 nitrogen and oxygen atoms in total. The molecule has 186 valence electrons. The van der Waals surface area contributed by atoms with Crippen LogP contribution in [0.3, 0.4) is 0 Å². The summed E-state index contributed by atoms with van der Waals surface area (Å²) in [4.78, 5) is 27.8. The minimum absolute atomic E-state index is 0.00999. The van der Waals surface area contributed by atoms with Gasteiger partial charge in [0.25, 0.3) is 5.91 Å². The Hall–Kier alpha value is -2.26. The molecule has 1 saturated heterocycles. The minimum atomic E-state index is -0.00999. The summed E-state index contributed by atoms with van der Waals surface area (Å²) in [6.07, 6.45) is 4.82. The maximum atomic E-state index is 12.7. The first-order valence-corrected chi connectivity index (χ1v) is 13.7. The number of nitrogens with one attached hydrogen (secondary N) is 2. The number of hydrogen-bond acceptors (Lipinski definition) is 7. The van der Waals surface area contributed by atoms with Crippen molar-refractivity contribution in [3.8, 4) is 10.6 Å². The highest BCUT2D eigenvalue weighted by Gasteiger charge is 2.25. The Balaban J connectivity index is 1.22. The Morgan fingerprint density at radius 1 is 1.23 bits per heavy atom. The molecular formula is C26H33ClN6OS. The lowest BCUT2D eigenvalue weighted by Crippen LogP contribution is -2.49. The smallest absolute Gasteiger partial charge is 0.252 e. The first kappa shape index (κ1) is 24.4. The van der Waals surface area contributed by atoms with E-state index in [4.69, 9.17) is 16.6 Å². The van der Waals surface area contributed by atoms with Gasteiger partial charge in [0.1, 0.15) is 5.69 Å². The zero-order valence-corrected chi connectivity index (χ0v) is 22.0. The summed E-state index contributed by atoms with van der Waals surface area (Å²) >= 11 is 8.09. The van der Waals surface area contributed by atoms with Crippen molar-refractivity contribution >= 4 is 44.9 Å². The van der Waals surface area contributed by atoms with E-state index in [-0.39, 0.29) is 5.91 Å². The highest BCUT2D eigenvalue weighted by molar-refractivity contribution is 7.22. The molecule has 1 aliphatic carbocycles. The molecule has 35 heavy (non-hydrogen) atoms. The Kier molecular flexibility index (Phi) is 7.53. The average molecular weight is 513 g/mol. The monoisotopic (exact) mass is 512 g/mol. The van der Waals surface area contributed by atoms with Crippen LogP contribution in [-0.4, -0.2) is 77.0 Å². The van der Waals surface area contributed by atoms with Gasteiger partial charge in [-0.2, -0.15) is 0 Å². The molecule has 0 unspecified atom stereocenters. The van der Waals surface area contributed by atoms with Crippen molar-refractivity contribution < 1.29 is 4.79 Å². The van der Waals surface area contributed by atoms with Crippen LogP contribution in [0.1, 0.15) is 43.5 Å². The van der Waals surface area contributed by atoms with Gasteiger partial charge in [-0.3, -0.25) is 9.69 Å². The molecule has 2 fully saturated rings. The van der Waals surface area contributed by atoms with Gasteiger partial charge in [0.05, 0.1) is 16.1 Å². The summed E-state index contributed by atoms with van der Waals surface area (Å²) in [5.41, 5.74) is 1.40. The Morgan fingerprint density at radius 3 is 2.77 bits per heavy atom. The van der Waals surface area contributed by atoms with Crippen molar-refractivity contribution in [2.24, 2.45) is 0 Å². The fraction of sp³-hybridized carbons (Fsp3) is 0.500. The van der Waals surface area contributed by atoms with Crippen LogP contribution in [0.15, 0.2) is 30.5 Å². The van der Waals surface area contributed by atoms with Gasteiger partial charge in [0, 0.05) is 60.5 Å². The fourth-order valence-corrected chi connectivity index (χ4v) is 5.84. The summed E-state index contributed by atoms with van der Waals surface area (Å²) in [6, 6.07) is 8.83.